The molecule has 0 atom stereocenters. The van der Waals surface area contributed by atoms with Crippen molar-refractivity contribution in [3.8, 4) is 67.9 Å². The van der Waals surface area contributed by atoms with Gasteiger partial charge in [-0.25, -0.2) is 9.97 Å². The average Bonchev–Trinajstić information content (AvgIpc) is 3.55. The van der Waals surface area contributed by atoms with E-state index in [-0.39, 0.29) is 0 Å². The number of benzene rings is 7. The zero-order valence-corrected chi connectivity index (χ0v) is 27.6. The molecule has 0 bridgehead atoms. The number of fused-ring (bicyclic) bond motifs is 3. The van der Waals surface area contributed by atoms with Crippen molar-refractivity contribution in [2.24, 2.45) is 0 Å². The van der Waals surface area contributed by atoms with E-state index in [1.165, 1.54) is 10.8 Å². The first kappa shape index (κ1) is 30.0. The lowest BCUT2D eigenvalue weighted by molar-refractivity contribution is 1.16. The molecule has 0 aliphatic heterocycles. The van der Waals surface area contributed by atoms with E-state index in [1.54, 1.807) is 0 Å². The fraction of sp³-hybridized carbons (Fsp3) is 0. The Morgan fingerprint density at radius 2 is 0.824 bits per heavy atom. The minimum Gasteiger partial charge on any atom is -0.309 e. The molecule has 0 spiro atoms. The van der Waals surface area contributed by atoms with Crippen LogP contribution in [0.4, 0.5) is 0 Å². The number of nitrogens with zero attached hydrogens (tertiary/aromatic N) is 4. The molecular weight excluding hydrogens is 621 g/mol. The molecule has 0 fully saturated rings. The van der Waals surface area contributed by atoms with E-state index in [1.807, 2.05) is 66.7 Å². The van der Waals surface area contributed by atoms with Crippen LogP contribution in [0.2, 0.25) is 0 Å². The molecule has 0 saturated carbocycles. The number of aromatic nitrogens is 3. The van der Waals surface area contributed by atoms with Gasteiger partial charge in [0.25, 0.3) is 0 Å². The second kappa shape index (κ2) is 12.7. The van der Waals surface area contributed by atoms with Crippen LogP contribution in [-0.4, -0.2) is 14.5 Å². The molecule has 238 valence electrons. The SMILES string of the molecule is N#Cc1c(-c2ccccc2)nc(-c2ccc(-n3c4ccccc4c4ccccc43)c(-c3ccccc3)c2-c2ccccc2)nc1-c1ccccc1. The molecule has 2 aromatic heterocycles. The van der Waals surface area contributed by atoms with E-state index >= 15 is 0 Å². The summed E-state index contributed by atoms with van der Waals surface area (Å²) < 4.78 is 2.38. The van der Waals surface area contributed by atoms with Gasteiger partial charge in [0.05, 0.1) is 28.1 Å². The smallest absolute Gasteiger partial charge is 0.161 e. The minimum absolute atomic E-state index is 0.447. The second-order valence-corrected chi connectivity index (χ2v) is 12.4. The van der Waals surface area contributed by atoms with Crippen molar-refractivity contribution in [3.63, 3.8) is 0 Å². The third-order valence-electron chi connectivity index (χ3n) is 9.49. The second-order valence-electron chi connectivity index (χ2n) is 12.4. The highest BCUT2D eigenvalue weighted by Crippen LogP contribution is 2.46. The Bertz CT molecular complexity index is 2610. The van der Waals surface area contributed by atoms with Crippen LogP contribution in [0.3, 0.4) is 0 Å². The number of hydrogen-bond acceptors (Lipinski definition) is 3. The highest BCUT2D eigenvalue weighted by Gasteiger charge is 2.25. The van der Waals surface area contributed by atoms with Crippen LogP contribution in [0.15, 0.2) is 182 Å². The van der Waals surface area contributed by atoms with E-state index in [0.29, 0.717) is 22.8 Å². The summed E-state index contributed by atoms with van der Waals surface area (Å²) in [5.74, 6) is 0.552. The van der Waals surface area contributed by atoms with E-state index in [9.17, 15) is 5.26 Å². The standard InChI is InChI=1S/C47H30N4/c48-31-39-45(34-21-9-3-10-22-34)49-47(50-46(39)35-23-11-4-12-24-35)38-29-30-42(51-40-27-15-13-25-36(40)37-26-14-16-28-41(37)51)44(33-19-7-2-8-20-33)43(38)32-17-5-1-6-18-32/h1-30H. The lowest BCUT2D eigenvalue weighted by atomic mass is 9.88. The van der Waals surface area contributed by atoms with Crippen LogP contribution < -0.4 is 0 Å². The largest absolute Gasteiger partial charge is 0.309 e. The summed E-state index contributed by atoms with van der Waals surface area (Å²) in [5.41, 5.74) is 11.8. The highest BCUT2D eigenvalue weighted by molar-refractivity contribution is 6.10. The van der Waals surface area contributed by atoms with E-state index < -0.39 is 0 Å². The molecule has 0 amide bonds. The number of hydrogen-bond donors (Lipinski definition) is 0. The molecule has 0 unspecified atom stereocenters. The summed E-state index contributed by atoms with van der Waals surface area (Å²) >= 11 is 0. The third kappa shape index (κ3) is 5.17. The fourth-order valence-corrected chi connectivity index (χ4v) is 7.25. The van der Waals surface area contributed by atoms with Gasteiger partial charge in [0.1, 0.15) is 11.6 Å². The maximum Gasteiger partial charge on any atom is 0.161 e. The number of rotatable bonds is 6. The Balaban J connectivity index is 1.43. The number of para-hydroxylation sites is 2. The van der Waals surface area contributed by atoms with Crippen LogP contribution in [-0.2, 0) is 0 Å². The Kier molecular flexibility index (Phi) is 7.50. The molecule has 4 nitrogen and oxygen atoms in total. The number of nitriles is 1. The van der Waals surface area contributed by atoms with Crippen molar-refractivity contribution >= 4 is 21.8 Å². The molecule has 0 aliphatic carbocycles. The predicted molar refractivity (Wildman–Crippen MR) is 208 cm³/mol. The maximum absolute atomic E-state index is 10.6. The maximum atomic E-state index is 10.6. The lowest BCUT2D eigenvalue weighted by Crippen LogP contribution is -2.04. The van der Waals surface area contributed by atoms with Gasteiger partial charge in [-0.2, -0.15) is 5.26 Å². The van der Waals surface area contributed by atoms with Gasteiger partial charge >= 0.3 is 0 Å². The summed E-state index contributed by atoms with van der Waals surface area (Å²) in [6, 6.07) is 65.0. The quantitative estimate of drug-likeness (QED) is 0.180. The summed E-state index contributed by atoms with van der Waals surface area (Å²) in [6.45, 7) is 0. The van der Waals surface area contributed by atoms with Gasteiger partial charge in [0.2, 0.25) is 0 Å². The summed E-state index contributed by atoms with van der Waals surface area (Å²) in [4.78, 5) is 10.5. The molecule has 2 heterocycles. The zero-order valence-electron chi connectivity index (χ0n) is 27.6. The first-order chi connectivity index (χ1) is 25.3. The summed E-state index contributed by atoms with van der Waals surface area (Å²) in [7, 11) is 0. The van der Waals surface area contributed by atoms with Gasteiger partial charge < -0.3 is 4.57 Å². The van der Waals surface area contributed by atoms with Crippen molar-refractivity contribution in [3.05, 3.63) is 188 Å². The van der Waals surface area contributed by atoms with Crippen LogP contribution >= 0.6 is 0 Å². The normalized spacial score (nSPS) is 11.1. The molecule has 0 radical (unpaired) electrons. The average molecular weight is 651 g/mol. The molecule has 9 rings (SSSR count). The topological polar surface area (TPSA) is 54.5 Å². The molecule has 7 aromatic carbocycles. The lowest BCUT2D eigenvalue weighted by Gasteiger charge is -2.22. The monoisotopic (exact) mass is 650 g/mol. The predicted octanol–water partition coefficient (Wildman–Crippen LogP) is 11.8. The van der Waals surface area contributed by atoms with Crippen molar-refractivity contribution in [2.75, 3.05) is 0 Å². The van der Waals surface area contributed by atoms with E-state index in [2.05, 4.69) is 126 Å². The van der Waals surface area contributed by atoms with Crippen molar-refractivity contribution in [2.45, 2.75) is 0 Å². The van der Waals surface area contributed by atoms with Gasteiger partial charge in [-0.05, 0) is 35.4 Å². The van der Waals surface area contributed by atoms with Gasteiger partial charge in [-0.3, -0.25) is 0 Å². The van der Waals surface area contributed by atoms with Gasteiger partial charge in [0, 0.05) is 38.6 Å². The molecule has 4 heteroatoms. The first-order valence-corrected chi connectivity index (χ1v) is 17.0. The Hall–Kier alpha value is -7.09. The van der Waals surface area contributed by atoms with Gasteiger partial charge in [-0.15, -0.1) is 0 Å². The third-order valence-corrected chi connectivity index (χ3v) is 9.49. The first-order valence-electron chi connectivity index (χ1n) is 17.0. The van der Waals surface area contributed by atoms with Crippen LogP contribution in [0, 0.1) is 11.3 Å². The minimum atomic E-state index is 0.447. The van der Waals surface area contributed by atoms with E-state index in [4.69, 9.17) is 9.97 Å². The Morgan fingerprint density at radius 1 is 0.412 bits per heavy atom. The van der Waals surface area contributed by atoms with Crippen LogP contribution in [0.1, 0.15) is 5.56 Å². The molecular formula is C47H30N4. The molecule has 0 N–H and O–H groups in total. The van der Waals surface area contributed by atoms with Gasteiger partial charge in [-0.1, -0.05) is 158 Å². The summed E-state index contributed by atoms with van der Waals surface area (Å²) in [6.07, 6.45) is 0. The Labute approximate surface area is 296 Å². The van der Waals surface area contributed by atoms with Crippen molar-refractivity contribution in [1.29, 1.82) is 5.26 Å². The van der Waals surface area contributed by atoms with Crippen molar-refractivity contribution in [1.82, 2.24) is 14.5 Å². The fourth-order valence-electron chi connectivity index (χ4n) is 7.25. The van der Waals surface area contributed by atoms with Gasteiger partial charge in [0.15, 0.2) is 5.82 Å². The van der Waals surface area contributed by atoms with Crippen molar-refractivity contribution < 1.29 is 0 Å². The molecule has 51 heavy (non-hydrogen) atoms. The van der Waals surface area contributed by atoms with Crippen LogP contribution in [0.5, 0.6) is 0 Å². The van der Waals surface area contributed by atoms with Crippen LogP contribution in [0.25, 0.3) is 83.6 Å². The molecule has 9 aromatic rings. The highest BCUT2D eigenvalue weighted by atomic mass is 15.0. The van der Waals surface area contributed by atoms with E-state index in [0.717, 1.165) is 55.7 Å². The molecule has 0 saturated heterocycles. The zero-order chi connectivity index (χ0) is 34.1. The Morgan fingerprint density at radius 3 is 1.29 bits per heavy atom. The summed E-state index contributed by atoms with van der Waals surface area (Å²) in [5, 5.41) is 13.0. The molecule has 0 aliphatic rings.